The molecule has 14 heavy (non-hydrogen) atoms. The van der Waals surface area contributed by atoms with Crippen LogP contribution < -0.4 is 0 Å². The monoisotopic (exact) mass is 194 g/mol. The first kappa shape index (κ1) is 11.0. The number of carbonyl (C=O) groups is 1. The van der Waals surface area contributed by atoms with Gasteiger partial charge in [-0.15, -0.1) is 0 Å². The minimum absolute atomic E-state index is 0.00389. The number of hydrogen-bond donors (Lipinski definition) is 0. The first-order valence-corrected chi connectivity index (χ1v) is 5.05. The molecule has 1 aliphatic rings. The van der Waals surface area contributed by atoms with Crippen LogP contribution in [-0.2, 0) is 9.53 Å². The summed E-state index contributed by atoms with van der Waals surface area (Å²) in [4.78, 5) is 11.3. The number of rotatable bonds is 2. The molecule has 0 aromatic heterocycles. The van der Waals surface area contributed by atoms with Crippen LogP contribution in [0.2, 0.25) is 0 Å². The molecule has 0 aliphatic heterocycles. The van der Waals surface area contributed by atoms with Gasteiger partial charge in [-0.2, -0.15) is 0 Å². The van der Waals surface area contributed by atoms with Gasteiger partial charge >= 0.3 is 5.97 Å². The topological polar surface area (TPSA) is 26.3 Å². The summed E-state index contributed by atoms with van der Waals surface area (Å²) < 4.78 is 5.35. The van der Waals surface area contributed by atoms with Crippen molar-refractivity contribution in [1.29, 1.82) is 0 Å². The molecule has 0 radical (unpaired) electrons. The third-order valence-electron chi connectivity index (χ3n) is 2.54. The summed E-state index contributed by atoms with van der Waals surface area (Å²) in [6.07, 6.45) is 3.15. The zero-order valence-corrected chi connectivity index (χ0v) is 9.22. The molecule has 0 amide bonds. The predicted molar refractivity (Wildman–Crippen MR) is 56.9 cm³/mol. The van der Waals surface area contributed by atoms with Gasteiger partial charge in [-0.3, -0.25) is 0 Å². The van der Waals surface area contributed by atoms with E-state index in [1.807, 2.05) is 0 Å². The molecular formula is C12H18O2. The minimum Gasteiger partial charge on any atom is -0.454 e. The van der Waals surface area contributed by atoms with Crippen LogP contribution in [0.25, 0.3) is 0 Å². The van der Waals surface area contributed by atoms with Crippen LogP contribution in [0.5, 0.6) is 0 Å². The molecule has 0 bridgehead atoms. The molecular weight excluding hydrogens is 176 g/mol. The van der Waals surface area contributed by atoms with Crippen molar-refractivity contribution in [1.82, 2.24) is 0 Å². The molecule has 1 aliphatic carbocycles. The van der Waals surface area contributed by atoms with Gasteiger partial charge in [0.05, 0.1) is 0 Å². The van der Waals surface area contributed by atoms with Gasteiger partial charge in [-0.1, -0.05) is 12.2 Å². The molecule has 1 fully saturated rings. The Morgan fingerprint density at radius 3 is 2.57 bits per heavy atom. The highest BCUT2D eigenvalue weighted by molar-refractivity contribution is 5.87. The summed E-state index contributed by atoms with van der Waals surface area (Å²) >= 11 is 0. The second-order valence-electron chi connectivity index (χ2n) is 4.09. The second kappa shape index (κ2) is 4.45. The van der Waals surface area contributed by atoms with Crippen molar-refractivity contribution >= 4 is 5.97 Å². The maximum atomic E-state index is 11.3. The van der Waals surface area contributed by atoms with Crippen molar-refractivity contribution in [3.63, 3.8) is 0 Å². The summed E-state index contributed by atoms with van der Waals surface area (Å²) in [5, 5.41) is 0. The zero-order valence-electron chi connectivity index (χ0n) is 9.22. The first-order chi connectivity index (χ1) is 6.52. The molecule has 0 aromatic rings. The molecule has 2 heteroatoms. The summed E-state index contributed by atoms with van der Waals surface area (Å²) in [6.45, 7) is 9.40. The largest absolute Gasteiger partial charge is 0.454 e. The summed E-state index contributed by atoms with van der Waals surface area (Å²) in [7, 11) is 0. The van der Waals surface area contributed by atoms with Crippen LogP contribution >= 0.6 is 0 Å². The fourth-order valence-corrected chi connectivity index (χ4v) is 1.74. The van der Waals surface area contributed by atoms with Gasteiger partial charge in [0.1, 0.15) is 6.10 Å². The fraction of sp³-hybridized carbons (Fsp3) is 0.583. The molecule has 0 heterocycles. The zero-order chi connectivity index (χ0) is 10.7. The number of ether oxygens (including phenoxy) is 1. The van der Waals surface area contributed by atoms with Gasteiger partial charge in [0, 0.05) is 5.57 Å². The Morgan fingerprint density at radius 2 is 2.07 bits per heavy atom. The van der Waals surface area contributed by atoms with Gasteiger partial charge in [-0.05, 0) is 45.6 Å². The lowest BCUT2D eigenvalue weighted by Gasteiger charge is -2.15. The Labute approximate surface area is 85.6 Å². The first-order valence-electron chi connectivity index (χ1n) is 5.05. The Balaban J connectivity index is 2.66. The molecule has 1 atom stereocenters. The van der Waals surface area contributed by atoms with Crippen LogP contribution in [0.15, 0.2) is 23.3 Å². The third kappa shape index (κ3) is 2.47. The smallest absolute Gasteiger partial charge is 0.333 e. The fourth-order valence-electron chi connectivity index (χ4n) is 1.74. The van der Waals surface area contributed by atoms with Crippen molar-refractivity contribution in [2.24, 2.45) is 0 Å². The van der Waals surface area contributed by atoms with E-state index in [0.29, 0.717) is 5.57 Å². The lowest BCUT2D eigenvalue weighted by atomic mass is 10.1. The Bertz CT molecular complexity index is 283. The Kier molecular flexibility index (Phi) is 3.50. The van der Waals surface area contributed by atoms with Crippen LogP contribution in [0.3, 0.4) is 0 Å². The van der Waals surface area contributed by atoms with Crippen molar-refractivity contribution < 1.29 is 9.53 Å². The van der Waals surface area contributed by atoms with Gasteiger partial charge in [0.15, 0.2) is 0 Å². The van der Waals surface area contributed by atoms with E-state index in [1.54, 1.807) is 6.92 Å². The van der Waals surface area contributed by atoms with E-state index in [1.165, 1.54) is 11.1 Å². The van der Waals surface area contributed by atoms with Crippen molar-refractivity contribution in [3.05, 3.63) is 23.3 Å². The van der Waals surface area contributed by atoms with Crippen molar-refractivity contribution in [2.45, 2.75) is 46.1 Å². The molecule has 0 N–H and O–H groups in total. The lowest BCUT2D eigenvalue weighted by molar-refractivity contribution is -0.142. The number of allylic oxidation sites excluding steroid dienone is 1. The minimum atomic E-state index is -0.268. The van der Waals surface area contributed by atoms with E-state index in [4.69, 9.17) is 4.74 Å². The van der Waals surface area contributed by atoms with Gasteiger partial charge in [-0.25, -0.2) is 4.79 Å². The maximum Gasteiger partial charge on any atom is 0.333 e. The van der Waals surface area contributed by atoms with Gasteiger partial charge < -0.3 is 4.74 Å². The number of hydrogen-bond acceptors (Lipinski definition) is 2. The van der Waals surface area contributed by atoms with Crippen molar-refractivity contribution in [3.8, 4) is 0 Å². The molecule has 0 spiro atoms. The SMILES string of the molecule is C=C(C)C(=O)OC1CCCC1=C(C)C. The molecule has 0 aromatic carbocycles. The highest BCUT2D eigenvalue weighted by Crippen LogP contribution is 2.30. The van der Waals surface area contributed by atoms with E-state index in [9.17, 15) is 4.79 Å². The third-order valence-corrected chi connectivity index (χ3v) is 2.54. The number of carbonyl (C=O) groups excluding carboxylic acids is 1. The molecule has 1 saturated carbocycles. The van der Waals surface area contributed by atoms with E-state index in [2.05, 4.69) is 20.4 Å². The van der Waals surface area contributed by atoms with Gasteiger partial charge in [0.25, 0.3) is 0 Å². The van der Waals surface area contributed by atoms with E-state index in [-0.39, 0.29) is 12.1 Å². The highest BCUT2D eigenvalue weighted by Gasteiger charge is 2.25. The average molecular weight is 194 g/mol. The standard InChI is InChI=1S/C12H18O2/c1-8(2)10-6-5-7-11(10)14-12(13)9(3)4/h11H,3,5-7H2,1-2,4H3. The molecule has 1 unspecified atom stereocenters. The van der Waals surface area contributed by atoms with Crippen LogP contribution in [-0.4, -0.2) is 12.1 Å². The van der Waals surface area contributed by atoms with Gasteiger partial charge in [0.2, 0.25) is 0 Å². The average Bonchev–Trinajstić information content (AvgIpc) is 2.52. The van der Waals surface area contributed by atoms with Crippen molar-refractivity contribution in [2.75, 3.05) is 0 Å². The molecule has 0 saturated heterocycles. The highest BCUT2D eigenvalue weighted by atomic mass is 16.5. The Morgan fingerprint density at radius 1 is 1.43 bits per heavy atom. The number of esters is 1. The maximum absolute atomic E-state index is 11.3. The summed E-state index contributed by atoms with van der Waals surface area (Å²) in [5.41, 5.74) is 3.05. The van der Waals surface area contributed by atoms with Crippen LogP contribution in [0, 0.1) is 0 Å². The summed E-state index contributed by atoms with van der Waals surface area (Å²) in [5.74, 6) is -0.268. The van der Waals surface area contributed by atoms with Crippen LogP contribution in [0.1, 0.15) is 40.0 Å². The lowest BCUT2D eigenvalue weighted by Crippen LogP contribution is -2.17. The quantitative estimate of drug-likeness (QED) is 0.384. The Hall–Kier alpha value is -1.05. The summed E-state index contributed by atoms with van der Waals surface area (Å²) in [6, 6.07) is 0. The van der Waals surface area contributed by atoms with Crippen LogP contribution in [0.4, 0.5) is 0 Å². The van der Waals surface area contributed by atoms with E-state index < -0.39 is 0 Å². The normalized spacial score (nSPS) is 20.8. The van der Waals surface area contributed by atoms with E-state index in [0.717, 1.165) is 19.3 Å². The molecule has 1 rings (SSSR count). The second-order valence-corrected chi connectivity index (χ2v) is 4.09. The predicted octanol–water partition coefficient (Wildman–Crippen LogP) is 2.99. The molecule has 2 nitrogen and oxygen atoms in total. The van der Waals surface area contributed by atoms with E-state index >= 15 is 0 Å². The molecule has 78 valence electrons.